The van der Waals surface area contributed by atoms with Gasteiger partial charge in [0.2, 0.25) is 5.91 Å². The van der Waals surface area contributed by atoms with Crippen molar-refractivity contribution >= 4 is 5.91 Å². The molecule has 0 aromatic heterocycles. The van der Waals surface area contributed by atoms with Crippen LogP contribution in [0, 0.1) is 5.92 Å². The molecule has 0 bridgehead atoms. The number of carbonyl (C=O) groups is 1. The molecule has 0 spiro atoms. The van der Waals surface area contributed by atoms with Gasteiger partial charge in [0.15, 0.2) is 0 Å². The first-order chi connectivity index (χ1) is 7.53. The van der Waals surface area contributed by atoms with Crippen LogP contribution in [0.15, 0.2) is 0 Å². The largest absolute Gasteiger partial charge is 0.388 e. The quantitative estimate of drug-likeness (QED) is 0.756. The molecule has 1 amide bonds. The van der Waals surface area contributed by atoms with Crippen molar-refractivity contribution in [3.05, 3.63) is 0 Å². The Morgan fingerprint density at radius 1 is 1.38 bits per heavy atom. The molecule has 3 heteroatoms. The fraction of sp³-hybridized carbons (Fsp3) is 0.923. The molecule has 2 N–H and O–H groups in total. The minimum atomic E-state index is -0.762. The van der Waals surface area contributed by atoms with Gasteiger partial charge in [-0.3, -0.25) is 4.79 Å². The summed E-state index contributed by atoms with van der Waals surface area (Å²) in [6, 6.07) is 0. The lowest BCUT2D eigenvalue weighted by molar-refractivity contribution is -0.123. The van der Waals surface area contributed by atoms with E-state index in [0.29, 0.717) is 25.3 Å². The van der Waals surface area contributed by atoms with E-state index in [9.17, 15) is 9.90 Å². The Morgan fingerprint density at radius 3 is 2.56 bits per heavy atom. The Morgan fingerprint density at radius 2 is 2.00 bits per heavy atom. The number of amides is 1. The van der Waals surface area contributed by atoms with Gasteiger partial charge in [-0.1, -0.05) is 26.2 Å². The molecule has 1 fully saturated rings. The van der Waals surface area contributed by atoms with Crippen molar-refractivity contribution in [3.8, 4) is 0 Å². The van der Waals surface area contributed by atoms with Crippen molar-refractivity contribution in [1.29, 1.82) is 0 Å². The summed E-state index contributed by atoms with van der Waals surface area (Å²) >= 11 is 0. The zero-order chi connectivity index (χ0) is 12.0. The van der Waals surface area contributed by atoms with E-state index < -0.39 is 5.60 Å². The normalized spacial score (nSPS) is 21.4. The van der Waals surface area contributed by atoms with Crippen molar-refractivity contribution in [1.82, 2.24) is 5.32 Å². The predicted octanol–water partition coefficient (Wildman–Crippen LogP) is 2.23. The Hall–Kier alpha value is -0.570. The van der Waals surface area contributed by atoms with E-state index in [1.807, 2.05) is 6.92 Å². The highest BCUT2D eigenvalue weighted by atomic mass is 16.3. The number of carbonyl (C=O) groups excluding carboxylic acids is 1. The minimum Gasteiger partial charge on any atom is -0.388 e. The number of nitrogens with one attached hydrogen (secondary N) is 1. The van der Waals surface area contributed by atoms with Crippen LogP contribution in [-0.2, 0) is 4.79 Å². The Kier molecular flexibility index (Phi) is 5.26. The number of rotatable bonds is 5. The molecule has 94 valence electrons. The van der Waals surface area contributed by atoms with E-state index in [2.05, 4.69) is 5.32 Å². The summed E-state index contributed by atoms with van der Waals surface area (Å²) in [6.07, 6.45) is 7.55. The van der Waals surface area contributed by atoms with E-state index in [1.54, 1.807) is 6.92 Å². The first-order valence-electron chi connectivity index (χ1n) is 6.52. The van der Waals surface area contributed by atoms with Gasteiger partial charge >= 0.3 is 0 Å². The van der Waals surface area contributed by atoms with Gasteiger partial charge in [-0.25, -0.2) is 0 Å². The number of aliphatic hydroxyl groups is 1. The van der Waals surface area contributed by atoms with Gasteiger partial charge in [-0.05, 0) is 32.1 Å². The lowest BCUT2D eigenvalue weighted by Gasteiger charge is -2.24. The van der Waals surface area contributed by atoms with Crippen molar-refractivity contribution in [3.63, 3.8) is 0 Å². The highest BCUT2D eigenvalue weighted by Crippen LogP contribution is 2.26. The fourth-order valence-corrected chi connectivity index (χ4v) is 2.14. The molecule has 1 aliphatic carbocycles. The average molecular weight is 227 g/mol. The minimum absolute atomic E-state index is 0.0978. The summed E-state index contributed by atoms with van der Waals surface area (Å²) in [5, 5.41) is 12.6. The van der Waals surface area contributed by atoms with E-state index >= 15 is 0 Å². The van der Waals surface area contributed by atoms with Crippen LogP contribution in [0.2, 0.25) is 0 Å². The van der Waals surface area contributed by atoms with E-state index in [4.69, 9.17) is 0 Å². The zero-order valence-corrected chi connectivity index (χ0v) is 10.6. The summed E-state index contributed by atoms with van der Waals surface area (Å²) in [7, 11) is 0. The van der Waals surface area contributed by atoms with Crippen LogP contribution >= 0.6 is 0 Å². The van der Waals surface area contributed by atoms with Gasteiger partial charge in [0.1, 0.15) is 0 Å². The van der Waals surface area contributed by atoms with Crippen LogP contribution in [0.5, 0.6) is 0 Å². The third-order valence-corrected chi connectivity index (χ3v) is 3.63. The van der Waals surface area contributed by atoms with Crippen LogP contribution in [0.25, 0.3) is 0 Å². The summed E-state index contributed by atoms with van der Waals surface area (Å²) in [6.45, 7) is 4.05. The van der Waals surface area contributed by atoms with Crippen molar-refractivity contribution in [2.75, 3.05) is 6.54 Å². The van der Waals surface area contributed by atoms with Crippen LogP contribution in [-0.4, -0.2) is 23.2 Å². The molecular weight excluding hydrogens is 202 g/mol. The summed E-state index contributed by atoms with van der Waals surface area (Å²) < 4.78 is 0. The van der Waals surface area contributed by atoms with Gasteiger partial charge in [-0.15, -0.1) is 0 Å². The summed E-state index contributed by atoms with van der Waals surface area (Å²) in [5.41, 5.74) is -0.762. The lowest BCUT2D eigenvalue weighted by atomic mass is 9.87. The molecule has 0 radical (unpaired) electrons. The summed E-state index contributed by atoms with van der Waals surface area (Å²) in [4.78, 5) is 11.7. The second-order valence-corrected chi connectivity index (χ2v) is 5.34. The third kappa shape index (κ3) is 4.97. The molecule has 1 atom stereocenters. The maximum atomic E-state index is 11.7. The van der Waals surface area contributed by atoms with Gasteiger partial charge in [0.05, 0.1) is 5.60 Å². The zero-order valence-electron chi connectivity index (χ0n) is 10.6. The topological polar surface area (TPSA) is 49.3 Å². The molecule has 0 saturated heterocycles. The monoisotopic (exact) mass is 227 g/mol. The molecule has 0 aromatic rings. The Bertz CT molecular complexity index is 220. The highest BCUT2D eigenvalue weighted by Gasteiger charge is 2.20. The van der Waals surface area contributed by atoms with Crippen molar-refractivity contribution in [2.45, 2.75) is 64.4 Å². The molecule has 1 rings (SSSR count). The number of hydrogen-bond donors (Lipinski definition) is 2. The van der Waals surface area contributed by atoms with Crippen LogP contribution in [0.4, 0.5) is 0 Å². The first-order valence-corrected chi connectivity index (χ1v) is 6.52. The van der Waals surface area contributed by atoms with Crippen molar-refractivity contribution in [2.24, 2.45) is 5.92 Å². The molecular formula is C13H25NO2. The second kappa shape index (κ2) is 6.24. The lowest BCUT2D eigenvalue weighted by Crippen LogP contribution is -2.40. The third-order valence-electron chi connectivity index (χ3n) is 3.63. The van der Waals surface area contributed by atoms with E-state index in [0.717, 1.165) is 0 Å². The average Bonchev–Trinajstić information content (AvgIpc) is 2.28. The van der Waals surface area contributed by atoms with E-state index in [1.165, 1.54) is 32.1 Å². The SMILES string of the molecule is CCC(C)(O)CNC(=O)CC1CCCCC1. The van der Waals surface area contributed by atoms with Gasteiger partial charge in [0.25, 0.3) is 0 Å². The van der Waals surface area contributed by atoms with Gasteiger partial charge < -0.3 is 10.4 Å². The van der Waals surface area contributed by atoms with Crippen LogP contribution < -0.4 is 5.32 Å². The molecule has 1 unspecified atom stereocenters. The standard InChI is InChI=1S/C13H25NO2/c1-3-13(2,16)10-14-12(15)9-11-7-5-4-6-8-11/h11,16H,3-10H2,1-2H3,(H,14,15). The van der Waals surface area contributed by atoms with E-state index in [-0.39, 0.29) is 5.91 Å². The fourth-order valence-electron chi connectivity index (χ4n) is 2.14. The molecule has 0 aliphatic heterocycles. The van der Waals surface area contributed by atoms with Crippen LogP contribution in [0.3, 0.4) is 0 Å². The molecule has 1 saturated carbocycles. The molecule has 3 nitrogen and oxygen atoms in total. The smallest absolute Gasteiger partial charge is 0.220 e. The maximum absolute atomic E-state index is 11.7. The molecule has 0 aromatic carbocycles. The number of hydrogen-bond acceptors (Lipinski definition) is 2. The predicted molar refractivity (Wildman–Crippen MR) is 65.1 cm³/mol. The first kappa shape index (κ1) is 13.5. The summed E-state index contributed by atoms with van der Waals surface area (Å²) in [5.74, 6) is 0.668. The van der Waals surface area contributed by atoms with Gasteiger partial charge in [-0.2, -0.15) is 0 Å². The second-order valence-electron chi connectivity index (χ2n) is 5.34. The molecule has 16 heavy (non-hydrogen) atoms. The highest BCUT2D eigenvalue weighted by molar-refractivity contribution is 5.76. The molecule has 1 aliphatic rings. The maximum Gasteiger partial charge on any atom is 0.220 e. The van der Waals surface area contributed by atoms with Crippen LogP contribution in [0.1, 0.15) is 58.8 Å². The Balaban J connectivity index is 2.19. The van der Waals surface area contributed by atoms with Gasteiger partial charge in [0, 0.05) is 13.0 Å². The van der Waals surface area contributed by atoms with Crippen molar-refractivity contribution < 1.29 is 9.90 Å². The Labute approximate surface area is 98.6 Å². The molecule has 0 heterocycles.